The molecule has 2 aliphatic rings. The van der Waals surface area contributed by atoms with E-state index in [0.29, 0.717) is 5.92 Å². The second kappa shape index (κ2) is 7.42. The van der Waals surface area contributed by atoms with Crippen LogP contribution in [0, 0.1) is 5.92 Å². The van der Waals surface area contributed by atoms with Crippen LogP contribution in [-0.4, -0.2) is 33.4 Å². The molecule has 0 atom stereocenters. The Balaban J connectivity index is 1.26. The second-order valence-corrected chi connectivity index (χ2v) is 8.27. The van der Waals surface area contributed by atoms with Gasteiger partial charge in [0.25, 0.3) is 5.91 Å². The van der Waals surface area contributed by atoms with Gasteiger partial charge in [0.2, 0.25) is 0 Å². The van der Waals surface area contributed by atoms with Crippen LogP contribution in [0.4, 0.5) is 0 Å². The predicted octanol–water partition coefficient (Wildman–Crippen LogP) is 4.47. The van der Waals surface area contributed by atoms with Crippen molar-refractivity contribution in [2.45, 2.75) is 45.1 Å². The van der Waals surface area contributed by atoms with E-state index in [1.54, 1.807) is 0 Å². The first kappa shape index (κ1) is 17.5. The minimum atomic E-state index is 0.158. The summed E-state index contributed by atoms with van der Waals surface area (Å²) in [7, 11) is 0. The molecule has 4 heteroatoms. The summed E-state index contributed by atoms with van der Waals surface area (Å²) in [6.45, 7) is 2.76. The van der Waals surface area contributed by atoms with Crippen LogP contribution in [0.2, 0.25) is 0 Å². The van der Waals surface area contributed by atoms with Crippen LogP contribution in [0.3, 0.4) is 0 Å². The maximum Gasteiger partial charge on any atom is 0.253 e. The number of carbonyl (C=O) groups excluding carboxylic acids is 1. The molecule has 1 aromatic heterocycles. The van der Waals surface area contributed by atoms with Crippen LogP contribution < -0.4 is 0 Å². The van der Waals surface area contributed by atoms with Crippen LogP contribution in [0.1, 0.15) is 47.4 Å². The van der Waals surface area contributed by atoms with Crippen molar-refractivity contribution in [1.82, 2.24) is 14.5 Å². The maximum atomic E-state index is 13.0. The summed E-state index contributed by atoms with van der Waals surface area (Å²) in [4.78, 5) is 19.9. The van der Waals surface area contributed by atoms with Crippen LogP contribution in [0.25, 0.3) is 11.0 Å². The topological polar surface area (TPSA) is 38.1 Å². The van der Waals surface area contributed by atoms with Gasteiger partial charge in [0, 0.05) is 31.6 Å². The van der Waals surface area contributed by atoms with Gasteiger partial charge in [-0.05, 0) is 61.8 Å². The molecule has 5 rings (SSSR count). The molecule has 144 valence electrons. The summed E-state index contributed by atoms with van der Waals surface area (Å²) in [6.07, 6.45) is 6.77. The van der Waals surface area contributed by atoms with Crippen molar-refractivity contribution in [1.29, 1.82) is 0 Å². The van der Waals surface area contributed by atoms with Gasteiger partial charge in [-0.2, -0.15) is 0 Å². The number of carbonyl (C=O) groups is 1. The molecule has 28 heavy (non-hydrogen) atoms. The molecular formula is C24H27N3O. The van der Waals surface area contributed by atoms with Crippen LogP contribution in [0.15, 0.2) is 48.5 Å². The lowest BCUT2D eigenvalue weighted by atomic mass is 9.90. The third kappa shape index (κ3) is 3.32. The molecule has 4 nitrogen and oxygen atoms in total. The molecule has 0 N–H and O–H groups in total. The molecule has 3 heterocycles. The first-order valence-corrected chi connectivity index (χ1v) is 10.6. The van der Waals surface area contributed by atoms with E-state index in [9.17, 15) is 4.79 Å². The van der Waals surface area contributed by atoms with Gasteiger partial charge in [0.15, 0.2) is 0 Å². The summed E-state index contributed by atoms with van der Waals surface area (Å²) in [5.74, 6) is 2.01. The molecule has 1 amide bonds. The Morgan fingerprint density at radius 3 is 2.64 bits per heavy atom. The van der Waals surface area contributed by atoms with Crippen molar-refractivity contribution < 1.29 is 4.79 Å². The van der Waals surface area contributed by atoms with Crippen molar-refractivity contribution >= 4 is 16.9 Å². The fraction of sp³-hybridized carbons (Fsp3) is 0.417. The smallest absolute Gasteiger partial charge is 0.253 e. The lowest BCUT2D eigenvalue weighted by Gasteiger charge is -2.32. The van der Waals surface area contributed by atoms with E-state index >= 15 is 0 Å². The van der Waals surface area contributed by atoms with E-state index in [-0.39, 0.29) is 5.91 Å². The van der Waals surface area contributed by atoms with E-state index in [0.717, 1.165) is 56.4 Å². The third-order valence-electron chi connectivity index (χ3n) is 6.38. The number of hydrogen-bond acceptors (Lipinski definition) is 2. The Morgan fingerprint density at radius 2 is 1.82 bits per heavy atom. The van der Waals surface area contributed by atoms with Gasteiger partial charge >= 0.3 is 0 Å². The average Bonchev–Trinajstić information content (AvgIpc) is 3.12. The first-order valence-electron chi connectivity index (χ1n) is 10.6. The maximum absolute atomic E-state index is 13.0. The lowest BCUT2D eigenvalue weighted by Crippen LogP contribution is -2.38. The number of imidazole rings is 1. The molecule has 1 saturated heterocycles. The highest BCUT2D eigenvalue weighted by Gasteiger charge is 2.24. The fourth-order valence-corrected chi connectivity index (χ4v) is 4.78. The number of aryl methyl sites for hydroxylation is 2. The summed E-state index contributed by atoms with van der Waals surface area (Å²) in [6, 6.07) is 16.8. The predicted molar refractivity (Wildman–Crippen MR) is 111 cm³/mol. The summed E-state index contributed by atoms with van der Waals surface area (Å²) < 4.78 is 2.32. The number of likely N-dealkylation sites (tertiary alicyclic amines) is 1. The normalized spacial score (nSPS) is 17.6. The van der Waals surface area contributed by atoms with Gasteiger partial charge in [0.1, 0.15) is 5.82 Å². The Morgan fingerprint density at radius 1 is 1.00 bits per heavy atom. The molecule has 0 saturated carbocycles. The molecule has 3 aromatic rings. The molecule has 0 bridgehead atoms. The molecule has 0 spiro atoms. The van der Waals surface area contributed by atoms with E-state index < -0.39 is 0 Å². The highest BCUT2D eigenvalue weighted by Crippen LogP contribution is 2.26. The number of aromatic nitrogens is 2. The van der Waals surface area contributed by atoms with E-state index in [1.165, 1.54) is 29.7 Å². The molecule has 1 fully saturated rings. The molecule has 0 radical (unpaired) electrons. The van der Waals surface area contributed by atoms with Gasteiger partial charge < -0.3 is 9.47 Å². The molecule has 0 aliphatic carbocycles. The van der Waals surface area contributed by atoms with Crippen LogP contribution in [0.5, 0.6) is 0 Å². The Bertz CT molecular complexity index is 984. The van der Waals surface area contributed by atoms with Gasteiger partial charge in [0.05, 0.1) is 11.0 Å². The van der Waals surface area contributed by atoms with E-state index in [2.05, 4.69) is 41.0 Å². The number of nitrogens with zero attached hydrogens (tertiary/aromatic N) is 3. The zero-order chi connectivity index (χ0) is 18.9. The molecular weight excluding hydrogens is 346 g/mol. The number of hydrogen-bond donors (Lipinski definition) is 0. The minimum Gasteiger partial charge on any atom is -0.339 e. The van der Waals surface area contributed by atoms with Crippen molar-refractivity contribution in [2.24, 2.45) is 5.92 Å². The highest BCUT2D eigenvalue weighted by atomic mass is 16.2. The highest BCUT2D eigenvalue weighted by molar-refractivity contribution is 5.97. The number of amides is 1. The molecule has 0 unspecified atom stereocenters. The van der Waals surface area contributed by atoms with Crippen LogP contribution >= 0.6 is 0 Å². The lowest BCUT2D eigenvalue weighted by molar-refractivity contribution is 0.0690. The number of piperidine rings is 1. The zero-order valence-corrected chi connectivity index (χ0v) is 16.3. The van der Waals surface area contributed by atoms with Crippen molar-refractivity contribution in [3.05, 3.63) is 65.5 Å². The fourth-order valence-electron chi connectivity index (χ4n) is 4.78. The minimum absolute atomic E-state index is 0.158. The third-order valence-corrected chi connectivity index (χ3v) is 6.38. The largest absolute Gasteiger partial charge is 0.339 e. The summed E-state index contributed by atoms with van der Waals surface area (Å²) in [5.41, 5.74) is 4.33. The number of benzene rings is 2. The van der Waals surface area contributed by atoms with Crippen molar-refractivity contribution in [2.75, 3.05) is 13.1 Å². The Labute approximate surface area is 166 Å². The van der Waals surface area contributed by atoms with Crippen LogP contribution in [-0.2, 0) is 19.4 Å². The Hall–Kier alpha value is -2.62. The van der Waals surface area contributed by atoms with Gasteiger partial charge in [-0.1, -0.05) is 30.3 Å². The quantitative estimate of drug-likeness (QED) is 0.679. The first-order chi connectivity index (χ1) is 13.8. The SMILES string of the molecule is O=C(c1ccc2c(c1)nc1n2CCCC1)N1CCC(Cc2ccccc2)CC1. The van der Waals surface area contributed by atoms with Gasteiger partial charge in [-0.3, -0.25) is 4.79 Å². The zero-order valence-electron chi connectivity index (χ0n) is 16.3. The summed E-state index contributed by atoms with van der Waals surface area (Å²) in [5, 5.41) is 0. The van der Waals surface area contributed by atoms with Gasteiger partial charge in [-0.15, -0.1) is 0 Å². The number of rotatable bonds is 3. The Kier molecular flexibility index (Phi) is 4.63. The second-order valence-electron chi connectivity index (χ2n) is 8.27. The summed E-state index contributed by atoms with van der Waals surface area (Å²) >= 11 is 0. The number of fused-ring (bicyclic) bond motifs is 3. The van der Waals surface area contributed by atoms with Gasteiger partial charge in [-0.25, -0.2) is 4.98 Å². The standard InChI is InChI=1S/C24H27N3O/c28-24(26-14-11-19(12-15-26)16-18-6-2-1-3-7-18)20-9-10-22-21(17-20)25-23-8-4-5-13-27(22)23/h1-3,6-7,9-10,17,19H,4-5,8,11-16H2. The monoisotopic (exact) mass is 373 g/mol. The molecule has 2 aromatic carbocycles. The van der Waals surface area contributed by atoms with Crippen molar-refractivity contribution in [3.63, 3.8) is 0 Å². The van der Waals surface area contributed by atoms with E-state index in [4.69, 9.17) is 4.98 Å². The average molecular weight is 374 g/mol. The van der Waals surface area contributed by atoms with E-state index in [1.807, 2.05) is 17.0 Å². The van der Waals surface area contributed by atoms with Crippen molar-refractivity contribution in [3.8, 4) is 0 Å². The molecule has 2 aliphatic heterocycles.